The van der Waals surface area contributed by atoms with Gasteiger partial charge in [-0.1, -0.05) is 25.0 Å². The van der Waals surface area contributed by atoms with Gasteiger partial charge in [0.15, 0.2) is 0 Å². The minimum absolute atomic E-state index is 0.123. The molecule has 2 aliphatic rings. The first kappa shape index (κ1) is 16.4. The van der Waals surface area contributed by atoms with Gasteiger partial charge < -0.3 is 5.11 Å². The van der Waals surface area contributed by atoms with Crippen molar-refractivity contribution in [3.05, 3.63) is 35.4 Å². The number of aromatic carboxylic acids is 1. The van der Waals surface area contributed by atoms with Crippen LogP contribution in [0.15, 0.2) is 24.3 Å². The number of hydrogen-bond donors (Lipinski definition) is 2. The molecule has 3 rings (SSSR count). The van der Waals surface area contributed by atoms with Gasteiger partial charge in [-0.2, -0.15) is 0 Å². The molecule has 2 fully saturated rings. The number of carbonyl (C=O) groups is 1. The van der Waals surface area contributed by atoms with E-state index in [9.17, 15) is 13.2 Å². The third-order valence-corrected chi connectivity index (χ3v) is 6.49. The van der Waals surface area contributed by atoms with Crippen LogP contribution in [0.3, 0.4) is 0 Å². The van der Waals surface area contributed by atoms with E-state index in [0.717, 1.165) is 31.2 Å². The quantitative estimate of drug-likeness (QED) is 0.819. The molecule has 23 heavy (non-hydrogen) atoms. The third kappa shape index (κ3) is 3.91. The Balaban J connectivity index is 1.49. The zero-order valence-corrected chi connectivity index (χ0v) is 13.8. The van der Waals surface area contributed by atoms with Crippen LogP contribution in [0.1, 0.15) is 41.6 Å². The molecule has 1 saturated heterocycles. The summed E-state index contributed by atoms with van der Waals surface area (Å²) in [4.78, 5) is 12.9. The summed E-state index contributed by atoms with van der Waals surface area (Å²) in [5.41, 5.74) is 1.26. The first-order valence-electron chi connectivity index (χ1n) is 8.00. The molecule has 1 aromatic carbocycles. The first-order chi connectivity index (χ1) is 10.9. The first-order valence-corrected chi connectivity index (χ1v) is 9.54. The maximum atomic E-state index is 12.3. The minimum atomic E-state index is -3.22. The summed E-state index contributed by atoms with van der Waals surface area (Å²) in [6.07, 6.45) is 4.11. The molecule has 2 N–H and O–H groups in total. The molecule has 0 aromatic heterocycles. The summed E-state index contributed by atoms with van der Waals surface area (Å²) in [6.45, 7) is 1.71. The van der Waals surface area contributed by atoms with Crippen LogP contribution < -0.4 is 4.72 Å². The van der Waals surface area contributed by atoms with Gasteiger partial charge in [-0.25, -0.2) is 17.9 Å². The van der Waals surface area contributed by atoms with Crippen LogP contribution in [0, 0.1) is 0 Å². The highest BCUT2D eigenvalue weighted by Crippen LogP contribution is 2.23. The number of likely N-dealkylation sites (tertiary alicyclic amines) is 1. The molecule has 1 aliphatic heterocycles. The molecule has 126 valence electrons. The summed E-state index contributed by atoms with van der Waals surface area (Å²) in [7, 11) is -3.22. The fourth-order valence-electron chi connectivity index (χ4n) is 3.23. The van der Waals surface area contributed by atoms with Gasteiger partial charge in [-0.15, -0.1) is 0 Å². The van der Waals surface area contributed by atoms with Crippen LogP contribution in [-0.2, 0) is 16.6 Å². The molecule has 0 atom stereocenters. The van der Waals surface area contributed by atoms with Gasteiger partial charge in [-0.3, -0.25) is 4.90 Å². The second-order valence-electron chi connectivity index (χ2n) is 6.46. The van der Waals surface area contributed by atoms with E-state index in [1.165, 1.54) is 0 Å². The topological polar surface area (TPSA) is 86.7 Å². The largest absolute Gasteiger partial charge is 0.478 e. The van der Waals surface area contributed by atoms with Crippen molar-refractivity contribution in [1.82, 2.24) is 9.62 Å². The fraction of sp³-hybridized carbons (Fsp3) is 0.562. The molecule has 0 spiro atoms. The Morgan fingerprint density at radius 3 is 2.35 bits per heavy atom. The number of sulfonamides is 1. The molecule has 1 saturated carbocycles. The summed E-state index contributed by atoms with van der Waals surface area (Å²) >= 11 is 0. The van der Waals surface area contributed by atoms with Crippen LogP contribution in [0.2, 0.25) is 0 Å². The van der Waals surface area contributed by atoms with E-state index in [0.29, 0.717) is 19.6 Å². The van der Waals surface area contributed by atoms with Gasteiger partial charge in [-0.05, 0) is 30.5 Å². The number of rotatable bonds is 6. The van der Waals surface area contributed by atoms with Crippen LogP contribution in [0.25, 0.3) is 0 Å². The van der Waals surface area contributed by atoms with Crippen molar-refractivity contribution in [3.63, 3.8) is 0 Å². The van der Waals surface area contributed by atoms with Crippen molar-refractivity contribution >= 4 is 16.0 Å². The highest BCUT2D eigenvalue weighted by molar-refractivity contribution is 7.90. The predicted molar refractivity (Wildman–Crippen MR) is 86.8 cm³/mol. The lowest BCUT2D eigenvalue weighted by atomic mass is 10.1. The van der Waals surface area contributed by atoms with E-state index in [4.69, 9.17) is 5.11 Å². The number of benzene rings is 1. The van der Waals surface area contributed by atoms with Crippen molar-refractivity contribution in [2.24, 2.45) is 0 Å². The van der Waals surface area contributed by atoms with Gasteiger partial charge in [0.1, 0.15) is 5.25 Å². The number of carboxylic acids is 1. The standard InChI is InChI=1S/C16H22N2O4S/c19-16(20)13-7-5-12(6-8-13)9-18-10-15(11-18)23(21,22)17-14-3-1-2-4-14/h5-8,14-15,17H,1-4,9-11H2,(H,19,20). The summed E-state index contributed by atoms with van der Waals surface area (Å²) < 4.78 is 27.4. The van der Waals surface area contributed by atoms with Gasteiger partial charge in [0.05, 0.1) is 5.56 Å². The molecule has 1 heterocycles. The van der Waals surface area contributed by atoms with E-state index in [1.807, 2.05) is 0 Å². The molecule has 6 nitrogen and oxygen atoms in total. The van der Waals surface area contributed by atoms with E-state index < -0.39 is 16.0 Å². The Hall–Kier alpha value is -1.44. The predicted octanol–water partition coefficient (Wildman–Crippen LogP) is 1.43. The molecule has 1 aliphatic carbocycles. The summed E-state index contributed by atoms with van der Waals surface area (Å²) in [5.74, 6) is -0.940. The smallest absolute Gasteiger partial charge is 0.335 e. The third-order valence-electron chi connectivity index (χ3n) is 4.66. The van der Waals surface area contributed by atoms with E-state index in [-0.39, 0.29) is 16.9 Å². The Morgan fingerprint density at radius 1 is 1.17 bits per heavy atom. The molecule has 7 heteroatoms. The second-order valence-corrected chi connectivity index (χ2v) is 8.45. The Bertz CT molecular complexity index is 660. The average Bonchev–Trinajstić information content (AvgIpc) is 2.94. The second kappa shape index (κ2) is 6.59. The lowest BCUT2D eigenvalue weighted by Gasteiger charge is -2.39. The fourth-order valence-corrected chi connectivity index (χ4v) is 4.94. The van der Waals surface area contributed by atoms with Gasteiger partial charge >= 0.3 is 5.97 Å². The average molecular weight is 338 g/mol. The zero-order valence-electron chi connectivity index (χ0n) is 12.9. The van der Waals surface area contributed by atoms with Crippen LogP contribution in [0.4, 0.5) is 0 Å². The minimum Gasteiger partial charge on any atom is -0.478 e. The molecular formula is C16H22N2O4S. The molecule has 0 amide bonds. The zero-order chi connectivity index (χ0) is 16.4. The lowest BCUT2D eigenvalue weighted by molar-refractivity contribution is 0.0697. The molecule has 0 bridgehead atoms. The van der Waals surface area contributed by atoms with E-state index in [1.54, 1.807) is 24.3 Å². The number of nitrogens with zero attached hydrogens (tertiary/aromatic N) is 1. The Labute approximate surface area is 136 Å². The molecule has 0 radical (unpaired) electrons. The SMILES string of the molecule is O=C(O)c1ccc(CN2CC(S(=O)(=O)NC3CCCC3)C2)cc1. The number of hydrogen-bond acceptors (Lipinski definition) is 4. The molecular weight excluding hydrogens is 316 g/mol. The lowest BCUT2D eigenvalue weighted by Crippen LogP contribution is -2.57. The van der Waals surface area contributed by atoms with Gasteiger partial charge in [0, 0.05) is 25.7 Å². The van der Waals surface area contributed by atoms with Crippen molar-refractivity contribution in [3.8, 4) is 0 Å². The Morgan fingerprint density at radius 2 is 1.78 bits per heavy atom. The maximum Gasteiger partial charge on any atom is 0.335 e. The summed E-state index contributed by atoms with van der Waals surface area (Å²) in [5, 5.41) is 8.54. The van der Waals surface area contributed by atoms with Crippen LogP contribution in [-0.4, -0.2) is 48.8 Å². The normalized spacial score (nSPS) is 20.5. The van der Waals surface area contributed by atoms with E-state index in [2.05, 4.69) is 9.62 Å². The highest BCUT2D eigenvalue weighted by atomic mass is 32.2. The maximum absolute atomic E-state index is 12.3. The molecule has 0 unspecified atom stereocenters. The highest BCUT2D eigenvalue weighted by Gasteiger charge is 2.38. The summed E-state index contributed by atoms with van der Waals surface area (Å²) in [6, 6.07) is 6.84. The van der Waals surface area contributed by atoms with Crippen molar-refractivity contribution < 1.29 is 18.3 Å². The van der Waals surface area contributed by atoms with E-state index >= 15 is 0 Å². The van der Waals surface area contributed by atoms with Crippen molar-refractivity contribution in [1.29, 1.82) is 0 Å². The Kier molecular flexibility index (Phi) is 4.70. The van der Waals surface area contributed by atoms with Crippen LogP contribution >= 0.6 is 0 Å². The van der Waals surface area contributed by atoms with Crippen LogP contribution in [0.5, 0.6) is 0 Å². The molecule has 1 aromatic rings. The van der Waals surface area contributed by atoms with Gasteiger partial charge in [0.2, 0.25) is 10.0 Å². The van der Waals surface area contributed by atoms with Crippen molar-refractivity contribution in [2.75, 3.05) is 13.1 Å². The monoisotopic (exact) mass is 338 g/mol. The van der Waals surface area contributed by atoms with Crippen molar-refractivity contribution in [2.45, 2.75) is 43.5 Å². The van der Waals surface area contributed by atoms with Gasteiger partial charge in [0.25, 0.3) is 0 Å². The number of carboxylic acid groups (broad SMARTS) is 1. The number of nitrogens with one attached hydrogen (secondary N) is 1.